The van der Waals surface area contributed by atoms with Crippen LogP contribution in [0, 0.1) is 11.8 Å². The summed E-state index contributed by atoms with van der Waals surface area (Å²) in [7, 11) is 0. The fourth-order valence-corrected chi connectivity index (χ4v) is 0.591. The summed E-state index contributed by atoms with van der Waals surface area (Å²) in [6.45, 7) is 5.84. The molecule has 0 aliphatic carbocycles. The summed E-state index contributed by atoms with van der Waals surface area (Å²) in [4.78, 5) is 4.13. The van der Waals surface area contributed by atoms with Gasteiger partial charge in [-0.2, -0.15) is 0 Å². The molecule has 0 aromatic heterocycles. The van der Waals surface area contributed by atoms with Crippen molar-refractivity contribution in [1.82, 2.24) is 0 Å². The van der Waals surface area contributed by atoms with Gasteiger partial charge in [-0.15, -0.1) is 5.92 Å². The second-order valence-electron chi connectivity index (χ2n) is 1.73. The van der Waals surface area contributed by atoms with Crippen LogP contribution in [-0.4, -0.2) is 12.3 Å². The molecule has 0 saturated heterocycles. The highest BCUT2D eigenvalue weighted by molar-refractivity contribution is 5.54. The number of hydrogen-bond donors (Lipinski definition) is 0. The van der Waals surface area contributed by atoms with Gasteiger partial charge >= 0.3 is 0 Å². The van der Waals surface area contributed by atoms with E-state index < -0.39 is 0 Å². The molecular weight excluding hydrogens is 110 g/mol. The van der Waals surface area contributed by atoms with Crippen LogP contribution in [0.2, 0.25) is 0 Å². The molecule has 0 radical (unpaired) electrons. The Labute approximate surface area is 57.2 Å². The predicted molar refractivity (Wildman–Crippen MR) is 41.7 cm³/mol. The molecule has 1 nitrogen and oxygen atoms in total. The summed E-state index contributed by atoms with van der Waals surface area (Å²) in [5.74, 6) is 5.83. The van der Waals surface area contributed by atoms with Gasteiger partial charge in [-0.05, 0) is 26.5 Å². The van der Waals surface area contributed by atoms with Crippen LogP contribution in [0.4, 0.5) is 0 Å². The van der Waals surface area contributed by atoms with E-state index in [0.717, 1.165) is 6.42 Å². The van der Waals surface area contributed by atoms with Crippen molar-refractivity contribution in [3.8, 4) is 11.8 Å². The van der Waals surface area contributed by atoms with Crippen molar-refractivity contribution in [3.63, 3.8) is 0 Å². The van der Waals surface area contributed by atoms with E-state index in [-0.39, 0.29) is 6.04 Å². The Morgan fingerprint density at radius 3 is 2.67 bits per heavy atom. The molecule has 0 fully saturated rings. The van der Waals surface area contributed by atoms with Crippen molar-refractivity contribution in [3.05, 3.63) is 0 Å². The van der Waals surface area contributed by atoms with Gasteiger partial charge in [-0.25, -0.2) is 0 Å². The van der Waals surface area contributed by atoms with Gasteiger partial charge in [0.25, 0.3) is 0 Å². The first kappa shape index (κ1) is 8.23. The molecule has 50 valence electrons. The molecular formula is C8H13N. The average Bonchev–Trinajstić information content (AvgIpc) is 1.88. The second-order valence-corrected chi connectivity index (χ2v) is 1.73. The van der Waals surface area contributed by atoms with Crippen molar-refractivity contribution in [1.29, 1.82) is 0 Å². The van der Waals surface area contributed by atoms with Crippen molar-refractivity contribution in [2.24, 2.45) is 4.99 Å². The summed E-state index contributed by atoms with van der Waals surface area (Å²) >= 11 is 0. The van der Waals surface area contributed by atoms with Gasteiger partial charge in [-0.1, -0.05) is 12.8 Å². The largest absolute Gasteiger partial charge is 0.282 e. The molecule has 9 heavy (non-hydrogen) atoms. The highest BCUT2D eigenvalue weighted by atomic mass is 14.7. The summed E-state index contributed by atoms with van der Waals surface area (Å²) < 4.78 is 0. The van der Waals surface area contributed by atoms with Crippen LogP contribution in [0.1, 0.15) is 27.2 Å². The van der Waals surface area contributed by atoms with Gasteiger partial charge in [0.05, 0.1) is 0 Å². The number of hydrogen-bond acceptors (Lipinski definition) is 1. The molecule has 0 heterocycles. The van der Waals surface area contributed by atoms with Crippen LogP contribution in [0.3, 0.4) is 0 Å². The molecule has 1 unspecified atom stereocenters. The van der Waals surface area contributed by atoms with Crippen LogP contribution >= 0.6 is 0 Å². The smallest absolute Gasteiger partial charge is 0.110 e. The minimum Gasteiger partial charge on any atom is -0.282 e. The van der Waals surface area contributed by atoms with E-state index in [4.69, 9.17) is 0 Å². The Hall–Kier alpha value is -0.770. The van der Waals surface area contributed by atoms with Gasteiger partial charge in [-0.3, -0.25) is 4.99 Å². The molecule has 1 heteroatoms. The van der Waals surface area contributed by atoms with Gasteiger partial charge in [0.1, 0.15) is 6.04 Å². The molecule has 0 spiro atoms. The zero-order valence-corrected chi connectivity index (χ0v) is 6.31. The molecule has 0 amide bonds. The SMILES string of the molecule is CC#CC(CC)N=CC. The Morgan fingerprint density at radius 1 is 1.67 bits per heavy atom. The van der Waals surface area contributed by atoms with Crippen LogP contribution in [0.5, 0.6) is 0 Å². The Kier molecular flexibility index (Phi) is 4.91. The predicted octanol–water partition coefficient (Wildman–Crippen LogP) is 1.88. The third-order valence-corrected chi connectivity index (χ3v) is 1.03. The highest BCUT2D eigenvalue weighted by Gasteiger charge is 1.92. The lowest BCUT2D eigenvalue weighted by molar-refractivity contribution is 0.810. The lowest BCUT2D eigenvalue weighted by Gasteiger charge is -1.96. The Bertz CT molecular complexity index is 136. The second kappa shape index (κ2) is 5.37. The summed E-state index contributed by atoms with van der Waals surface area (Å²) in [6.07, 6.45) is 2.81. The van der Waals surface area contributed by atoms with Crippen LogP contribution < -0.4 is 0 Å². The quantitative estimate of drug-likeness (QED) is 0.392. The maximum Gasteiger partial charge on any atom is 0.110 e. The normalized spacial score (nSPS) is 12.8. The van der Waals surface area contributed by atoms with Crippen LogP contribution in [0.15, 0.2) is 4.99 Å². The summed E-state index contributed by atoms with van der Waals surface area (Å²) in [5.41, 5.74) is 0. The number of rotatable bonds is 2. The van der Waals surface area contributed by atoms with E-state index in [1.807, 2.05) is 13.8 Å². The van der Waals surface area contributed by atoms with Gasteiger partial charge in [0.2, 0.25) is 0 Å². The van der Waals surface area contributed by atoms with Crippen molar-refractivity contribution in [2.75, 3.05) is 0 Å². The summed E-state index contributed by atoms with van der Waals surface area (Å²) in [6, 6.07) is 0.222. The first-order chi connectivity index (χ1) is 4.35. The molecule has 0 N–H and O–H groups in total. The van der Waals surface area contributed by atoms with Gasteiger partial charge in [0, 0.05) is 0 Å². The molecule has 0 rings (SSSR count). The van der Waals surface area contributed by atoms with E-state index >= 15 is 0 Å². The fourth-order valence-electron chi connectivity index (χ4n) is 0.591. The zero-order valence-electron chi connectivity index (χ0n) is 6.31. The van der Waals surface area contributed by atoms with Crippen LogP contribution in [-0.2, 0) is 0 Å². The molecule has 0 aromatic carbocycles. The Balaban J connectivity index is 3.78. The van der Waals surface area contributed by atoms with Gasteiger partial charge < -0.3 is 0 Å². The monoisotopic (exact) mass is 123 g/mol. The van der Waals surface area contributed by atoms with E-state index in [9.17, 15) is 0 Å². The van der Waals surface area contributed by atoms with E-state index in [0.29, 0.717) is 0 Å². The topological polar surface area (TPSA) is 12.4 Å². The molecule has 0 aliphatic rings. The van der Waals surface area contributed by atoms with Crippen molar-refractivity contribution >= 4 is 6.21 Å². The number of aliphatic imine (C=N–C) groups is 1. The van der Waals surface area contributed by atoms with Crippen molar-refractivity contribution in [2.45, 2.75) is 33.2 Å². The minimum absolute atomic E-state index is 0.222. The maximum atomic E-state index is 4.13. The number of nitrogens with zero attached hydrogens (tertiary/aromatic N) is 1. The Morgan fingerprint density at radius 2 is 2.33 bits per heavy atom. The first-order valence-corrected chi connectivity index (χ1v) is 3.25. The molecule has 0 aromatic rings. The minimum atomic E-state index is 0.222. The fraction of sp³-hybridized carbons (Fsp3) is 0.625. The van der Waals surface area contributed by atoms with E-state index in [1.54, 1.807) is 6.21 Å². The van der Waals surface area contributed by atoms with E-state index in [2.05, 4.69) is 23.8 Å². The molecule has 1 atom stereocenters. The third kappa shape index (κ3) is 3.78. The van der Waals surface area contributed by atoms with Gasteiger partial charge in [0.15, 0.2) is 0 Å². The lowest BCUT2D eigenvalue weighted by Crippen LogP contribution is -1.96. The lowest BCUT2D eigenvalue weighted by atomic mass is 10.2. The molecule has 0 aliphatic heterocycles. The summed E-state index contributed by atoms with van der Waals surface area (Å²) in [5, 5.41) is 0. The third-order valence-electron chi connectivity index (χ3n) is 1.03. The standard InChI is InChI=1S/C8H13N/c1-4-7-8(5-2)9-6-3/h6,8H,5H2,1-3H3. The van der Waals surface area contributed by atoms with E-state index in [1.165, 1.54) is 0 Å². The molecule has 0 bridgehead atoms. The first-order valence-electron chi connectivity index (χ1n) is 3.25. The zero-order chi connectivity index (χ0) is 7.11. The molecule has 0 saturated carbocycles. The van der Waals surface area contributed by atoms with Crippen molar-refractivity contribution < 1.29 is 0 Å². The maximum absolute atomic E-state index is 4.13. The van der Waals surface area contributed by atoms with Crippen LogP contribution in [0.25, 0.3) is 0 Å². The average molecular weight is 123 g/mol. The highest BCUT2D eigenvalue weighted by Crippen LogP contribution is 1.92.